The largest absolute Gasteiger partial charge is 0.335 e. The Morgan fingerprint density at radius 1 is 1.41 bits per heavy atom. The summed E-state index contributed by atoms with van der Waals surface area (Å²) >= 11 is 8.01. The van der Waals surface area contributed by atoms with Crippen molar-refractivity contribution in [2.75, 3.05) is 0 Å². The summed E-state index contributed by atoms with van der Waals surface area (Å²) in [5.41, 5.74) is 2.43. The van der Waals surface area contributed by atoms with Crippen molar-refractivity contribution in [2.45, 2.75) is 6.42 Å². The first-order chi connectivity index (χ1) is 10.4. The number of hydrazone groups is 1. The number of aromatic amines is 2. The van der Waals surface area contributed by atoms with E-state index in [0.29, 0.717) is 10.2 Å². The zero-order valence-corrected chi connectivity index (χ0v) is 13.4. The number of nitrogens with zero attached hydrogens (tertiary/aromatic N) is 1. The summed E-state index contributed by atoms with van der Waals surface area (Å²) in [6.45, 7) is 0. The van der Waals surface area contributed by atoms with Gasteiger partial charge in [0, 0.05) is 21.8 Å². The molecule has 1 heterocycles. The van der Waals surface area contributed by atoms with Crippen molar-refractivity contribution >= 4 is 40.3 Å². The maximum atomic E-state index is 13.5. The Bertz CT molecular complexity index is 818. The van der Waals surface area contributed by atoms with Crippen LogP contribution in [-0.4, -0.2) is 22.1 Å². The van der Waals surface area contributed by atoms with E-state index in [1.54, 1.807) is 6.07 Å². The molecule has 0 bridgehead atoms. The third-order valence-corrected chi connectivity index (χ3v) is 3.22. The molecule has 1 aromatic heterocycles. The van der Waals surface area contributed by atoms with Crippen molar-refractivity contribution in [1.29, 1.82) is 0 Å². The lowest BCUT2D eigenvalue weighted by molar-refractivity contribution is -0.120. The quantitative estimate of drug-likeness (QED) is 0.427. The molecule has 22 heavy (non-hydrogen) atoms. The van der Waals surface area contributed by atoms with Crippen molar-refractivity contribution in [3.05, 3.63) is 60.9 Å². The number of aromatic nitrogens is 2. The minimum Gasteiger partial charge on any atom is -0.335 e. The van der Waals surface area contributed by atoms with Gasteiger partial charge in [0.15, 0.2) is 4.77 Å². The number of amides is 1. The number of carbonyl (C=O) groups excluding carboxylic acids is 1. The van der Waals surface area contributed by atoms with Crippen molar-refractivity contribution < 1.29 is 9.18 Å². The predicted octanol–water partition coefficient (Wildman–Crippen LogP) is 2.03. The molecule has 114 valence electrons. The van der Waals surface area contributed by atoms with Gasteiger partial charge in [0.25, 0.3) is 5.56 Å². The second-order valence-corrected chi connectivity index (χ2v) is 5.57. The number of carbonyl (C=O) groups is 1. The van der Waals surface area contributed by atoms with Gasteiger partial charge < -0.3 is 4.98 Å². The van der Waals surface area contributed by atoms with Gasteiger partial charge in [0.1, 0.15) is 5.82 Å². The van der Waals surface area contributed by atoms with Gasteiger partial charge in [-0.3, -0.25) is 14.6 Å². The third-order valence-electron chi connectivity index (χ3n) is 2.52. The smallest absolute Gasteiger partial charge is 0.251 e. The Balaban J connectivity index is 2.00. The van der Waals surface area contributed by atoms with Gasteiger partial charge in [-0.25, -0.2) is 9.82 Å². The molecule has 0 saturated heterocycles. The van der Waals surface area contributed by atoms with Crippen LogP contribution in [0.2, 0.25) is 0 Å². The fourth-order valence-corrected chi connectivity index (χ4v) is 2.22. The van der Waals surface area contributed by atoms with Crippen LogP contribution in [0, 0.1) is 10.6 Å². The van der Waals surface area contributed by atoms with Gasteiger partial charge in [-0.15, -0.1) is 0 Å². The minimum atomic E-state index is -0.470. The molecule has 3 N–H and O–H groups in total. The molecule has 0 saturated carbocycles. The van der Waals surface area contributed by atoms with Crippen LogP contribution in [0.3, 0.4) is 0 Å². The molecule has 1 aromatic carbocycles. The first kappa shape index (κ1) is 16.2. The molecule has 9 heteroatoms. The van der Waals surface area contributed by atoms with E-state index in [1.165, 1.54) is 24.4 Å². The molecule has 0 aliphatic rings. The third kappa shape index (κ3) is 4.71. The number of H-pyrrole nitrogens is 2. The maximum absolute atomic E-state index is 13.5. The molecule has 0 atom stereocenters. The van der Waals surface area contributed by atoms with Gasteiger partial charge in [-0.2, -0.15) is 5.10 Å². The second kappa shape index (κ2) is 7.23. The summed E-state index contributed by atoms with van der Waals surface area (Å²) < 4.78 is 14.3. The highest BCUT2D eigenvalue weighted by atomic mass is 79.9. The lowest BCUT2D eigenvalue weighted by Crippen LogP contribution is -2.21. The van der Waals surface area contributed by atoms with Gasteiger partial charge in [0.05, 0.1) is 12.6 Å². The summed E-state index contributed by atoms with van der Waals surface area (Å²) in [6.07, 6.45) is 1.09. The average Bonchev–Trinajstić information content (AvgIpc) is 2.41. The second-order valence-electron chi connectivity index (χ2n) is 4.25. The van der Waals surface area contributed by atoms with Crippen LogP contribution in [0.15, 0.2) is 38.6 Å². The number of nitrogens with one attached hydrogen (secondary N) is 3. The molecule has 0 spiro atoms. The highest BCUT2D eigenvalue weighted by molar-refractivity contribution is 9.10. The Morgan fingerprint density at radius 2 is 2.18 bits per heavy atom. The van der Waals surface area contributed by atoms with Crippen molar-refractivity contribution in [2.24, 2.45) is 5.10 Å². The SMILES string of the molecule is O=C(Cc1cc(=O)[nH]c(=S)[nH]1)N/N=C\c1cc(Br)ccc1F. The summed E-state index contributed by atoms with van der Waals surface area (Å²) in [4.78, 5) is 27.9. The van der Waals surface area contributed by atoms with E-state index < -0.39 is 17.3 Å². The van der Waals surface area contributed by atoms with E-state index in [9.17, 15) is 14.0 Å². The van der Waals surface area contributed by atoms with Crippen LogP contribution in [0.25, 0.3) is 0 Å². The fourth-order valence-electron chi connectivity index (χ4n) is 1.61. The molecule has 0 unspecified atom stereocenters. The molecular weight excluding hydrogens is 375 g/mol. The Hall–Kier alpha value is -2.13. The summed E-state index contributed by atoms with van der Waals surface area (Å²) in [7, 11) is 0. The van der Waals surface area contributed by atoms with E-state index in [1.807, 2.05) is 0 Å². The van der Waals surface area contributed by atoms with Crippen molar-refractivity contribution in [3.63, 3.8) is 0 Å². The lowest BCUT2D eigenvalue weighted by Gasteiger charge is -2.01. The van der Waals surface area contributed by atoms with Gasteiger partial charge in [-0.1, -0.05) is 15.9 Å². The highest BCUT2D eigenvalue weighted by Crippen LogP contribution is 2.13. The molecule has 1 amide bonds. The van der Waals surface area contributed by atoms with Crippen molar-refractivity contribution in [3.8, 4) is 0 Å². The molecule has 0 aliphatic heterocycles. The van der Waals surface area contributed by atoms with Crippen LogP contribution in [0.1, 0.15) is 11.3 Å². The molecular formula is C13H10BrFN4O2S. The van der Waals surface area contributed by atoms with E-state index in [2.05, 4.69) is 36.4 Å². The first-order valence-corrected chi connectivity index (χ1v) is 7.23. The topological polar surface area (TPSA) is 90.1 Å². The van der Waals surface area contributed by atoms with Crippen LogP contribution < -0.4 is 11.0 Å². The summed E-state index contributed by atoms with van der Waals surface area (Å²) in [5.74, 6) is -0.928. The zero-order chi connectivity index (χ0) is 16.1. The van der Waals surface area contributed by atoms with Gasteiger partial charge in [0.2, 0.25) is 5.91 Å². The average molecular weight is 385 g/mol. The van der Waals surface area contributed by atoms with Crippen LogP contribution in [-0.2, 0) is 11.2 Å². The summed E-state index contributed by atoms with van der Waals surface area (Å²) in [6, 6.07) is 5.59. The Labute approximate surface area is 137 Å². The number of benzene rings is 1. The van der Waals surface area contributed by atoms with Gasteiger partial charge >= 0.3 is 0 Å². The highest BCUT2D eigenvalue weighted by Gasteiger charge is 2.04. The van der Waals surface area contributed by atoms with E-state index >= 15 is 0 Å². The number of rotatable bonds is 4. The minimum absolute atomic E-state index is 0.105. The Morgan fingerprint density at radius 3 is 2.91 bits per heavy atom. The lowest BCUT2D eigenvalue weighted by atomic mass is 10.2. The van der Waals surface area contributed by atoms with Crippen LogP contribution >= 0.6 is 28.1 Å². The number of hydrogen-bond acceptors (Lipinski definition) is 4. The van der Waals surface area contributed by atoms with E-state index in [4.69, 9.17) is 12.2 Å². The first-order valence-electron chi connectivity index (χ1n) is 6.03. The number of hydrogen-bond donors (Lipinski definition) is 3. The normalized spacial score (nSPS) is 10.8. The molecule has 2 rings (SSSR count). The molecule has 0 fully saturated rings. The molecule has 0 radical (unpaired) electrons. The zero-order valence-electron chi connectivity index (χ0n) is 11.0. The van der Waals surface area contributed by atoms with E-state index in [0.717, 1.165) is 0 Å². The van der Waals surface area contributed by atoms with Crippen LogP contribution in [0.4, 0.5) is 4.39 Å². The molecule has 6 nitrogen and oxygen atoms in total. The van der Waals surface area contributed by atoms with Crippen LogP contribution in [0.5, 0.6) is 0 Å². The van der Waals surface area contributed by atoms with Crippen molar-refractivity contribution in [1.82, 2.24) is 15.4 Å². The van der Waals surface area contributed by atoms with E-state index in [-0.39, 0.29) is 16.8 Å². The monoisotopic (exact) mass is 384 g/mol. The maximum Gasteiger partial charge on any atom is 0.251 e. The predicted molar refractivity (Wildman–Crippen MR) is 85.8 cm³/mol. The molecule has 2 aromatic rings. The Kier molecular flexibility index (Phi) is 5.34. The fraction of sp³-hybridized carbons (Fsp3) is 0.0769. The number of halogens is 2. The standard InChI is InChI=1S/C13H10BrFN4O2S/c14-8-1-2-10(15)7(3-8)6-16-19-12(21)5-9-4-11(20)18-13(22)17-9/h1-4,6H,5H2,(H,19,21)(H2,17,18,20,22)/b16-6-. The summed E-state index contributed by atoms with van der Waals surface area (Å²) in [5, 5.41) is 3.67. The molecule has 0 aliphatic carbocycles. The van der Waals surface area contributed by atoms with Gasteiger partial charge in [-0.05, 0) is 30.4 Å².